The molecule has 1 rings (SSSR count). The van der Waals surface area contributed by atoms with E-state index in [4.69, 9.17) is 9.84 Å². The van der Waals surface area contributed by atoms with Crippen molar-refractivity contribution in [3.05, 3.63) is 29.3 Å². The molecule has 0 fully saturated rings. The van der Waals surface area contributed by atoms with E-state index >= 15 is 0 Å². The number of aliphatic carboxylic acids is 1. The van der Waals surface area contributed by atoms with Crippen molar-refractivity contribution >= 4 is 11.9 Å². The topological polar surface area (TPSA) is 75.6 Å². The second-order valence-electron chi connectivity index (χ2n) is 5.06. The summed E-state index contributed by atoms with van der Waals surface area (Å²) in [7, 11) is 1.61. The molecule has 0 aliphatic carbocycles. The zero-order chi connectivity index (χ0) is 14.6. The number of aryl methyl sites for hydroxylation is 1. The molecule has 0 saturated carbocycles. The van der Waals surface area contributed by atoms with E-state index in [1.807, 2.05) is 39.0 Å². The van der Waals surface area contributed by atoms with Gasteiger partial charge < -0.3 is 15.2 Å². The summed E-state index contributed by atoms with van der Waals surface area (Å²) in [6.07, 6.45) is 0. The molecule has 0 radical (unpaired) electrons. The van der Waals surface area contributed by atoms with Gasteiger partial charge in [-0.1, -0.05) is 26.0 Å². The van der Waals surface area contributed by atoms with Gasteiger partial charge in [-0.25, -0.2) is 4.79 Å². The molecule has 19 heavy (non-hydrogen) atoms. The first kappa shape index (κ1) is 15.0. The molecule has 0 saturated heterocycles. The van der Waals surface area contributed by atoms with Gasteiger partial charge >= 0.3 is 11.9 Å². The number of carboxylic acids is 1. The highest BCUT2D eigenvalue weighted by atomic mass is 16.5. The van der Waals surface area contributed by atoms with Gasteiger partial charge in [0.25, 0.3) is 0 Å². The van der Waals surface area contributed by atoms with Gasteiger partial charge in [-0.2, -0.15) is 0 Å². The van der Waals surface area contributed by atoms with Crippen molar-refractivity contribution in [1.29, 1.82) is 0 Å². The monoisotopic (exact) mass is 265 g/mol. The number of carbonyl (C=O) groups excluding carboxylic acids is 1. The van der Waals surface area contributed by atoms with E-state index in [1.54, 1.807) is 7.11 Å². The molecule has 1 aromatic rings. The molecule has 0 aromatic heterocycles. The number of amides is 1. The number of carbonyl (C=O) groups is 2. The number of methoxy groups -OCH3 is 1. The molecular weight excluding hydrogens is 246 g/mol. The van der Waals surface area contributed by atoms with Crippen LogP contribution in [0.5, 0.6) is 5.75 Å². The van der Waals surface area contributed by atoms with Crippen LogP contribution in [-0.2, 0) is 15.0 Å². The minimum Gasteiger partial charge on any atom is -0.496 e. The molecule has 5 heteroatoms. The standard InChI is InChI=1S/C14H19NO4/c1-9-7-10(5-6-11(9)19-4)14(2,3)8-15-12(16)13(17)18/h5-7H,8H2,1-4H3,(H,15,16)(H,17,18). The summed E-state index contributed by atoms with van der Waals surface area (Å²) in [6, 6.07) is 5.76. The lowest BCUT2D eigenvalue weighted by Gasteiger charge is -2.26. The third-order valence-corrected chi connectivity index (χ3v) is 3.06. The highest BCUT2D eigenvalue weighted by molar-refractivity contribution is 6.31. The third-order valence-electron chi connectivity index (χ3n) is 3.06. The minimum atomic E-state index is -1.47. The predicted molar refractivity (Wildman–Crippen MR) is 71.4 cm³/mol. The zero-order valence-electron chi connectivity index (χ0n) is 11.6. The number of nitrogens with one attached hydrogen (secondary N) is 1. The fourth-order valence-corrected chi connectivity index (χ4v) is 1.78. The summed E-state index contributed by atoms with van der Waals surface area (Å²) in [6.45, 7) is 6.07. The smallest absolute Gasteiger partial charge is 0.394 e. The fraction of sp³-hybridized carbons (Fsp3) is 0.429. The van der Waals surface area contributed by atoms with E-state index in [2.05, 4.69) is 5.32 Å². The van der Waals surface area contributed by atoms with Crippen LogP contribution in [0.3, 0.4) is 0 Å². The molecule has 0 heterocycles. The normalized spacial score (nSPS) is 10.9. The van der Waals surface area contributed by atoms with Gasteiger partial charge in [-0.05, 0) is 24.1 Å². The summed E-state index contributed by atoms with van der Waals surface area (Å²) in [5, 5.41) is 10.9. The van der Waals surface area contributed by atoms with Gasteiger partial charge in [-0.3, -0.25) is 4.79 Å². The number of ether oxygens (including phenoxy) is 1. The van der Waals surface area contributed by atoms with Crippen LogP contribution in [0.2, 0.25) is 0 Å². The molecule has 0 bridgehead atoms. The quantitative estimate of drug-likeness (QED) is 0.809. The van der Waals surface area contributed by atoms with Crippen molar-refractivity contribution in [3.8, 4) is 5.75 Å². The van der Waals surface area contributed by atoms with Crippen LogP contribution < -0.4 is 10.1 Å². The Hall–Kier alpha value is -2.04. The Kier molecular flexibility index (Phi) is 4.53. The molecule has 2 N–H and O–H groups in total. The highest BCUT2D eigenvalue weighted by Gasteiger charge is 2.23. The van der Waals surface area contributed by atoms with E-state index in [-0.39, 0.29) is 12.0 Å². The summed E-state index contributed by atoms with van der Waals surface area (Å²) in [5.74, 6) is -1.66. The highest BCUT2D eigenvalue weighted by Crippen LogP contribution is 2.27. The first-order valence-electron chi connectivity index (χ1n) is 5.94. The average Bonchev–Trinajstić information content (AvgIpc) is 2.35. The largest absolute Gasteiger partial charge is 0.496 e. The van der Waals surface area contributed by atoms with Crippen molar-refractivity contribution < 1.29 is 19.4 Å². The molecule has 0 atom stereocenters. The van der Waals surface area contributed by atoms with Crippen LogP contribution in [0, 0.1) is 6.92 Å². The Balaban J connectivity index is 2.85. The van der Waals surface area contributed by atoms with Crippen molar-refractivity contribution in [3.63, 3.8) is 0 Å². The van der Waals surface area contributed by atoms with Gasteiger partial charge in [0.15, 0.2) is 0 Å². The Bertz CT molecular complexity index is 494. The molecule has 0 spiro atoms. The van der Waals surface area contributed by atoms with E-state index in [9.17, 15) is 9.59 Å². The SMILES string of the molecule is COc1ccc(C(C)(C)CNC(=O)C(=O)O)cc1C. The van der Waals surface area contributed by atoms with Gasteiger partial charge in [0.05, 0.1) is 7.11 Å². The molecule has 0 unspecified atom stereocenters. The van der Waals surface area contributed by atoms with Crippen molar-refractivity contribution in [2.45, 2.75) is 26.2 Å². The minimum absolute atomic E-state index is 0.254. The predicted octanol–water partition coefficient (Wildman–Crippen LogP) is 1.48. The van der Waals surface area contributed by atoms with E-state index in [1.165, 1.54) is 0 Å². The molecule has 0 aliphatic rings. The number of carboxylic acid groups (broad SMARTS) is 1. The van der Waals surface area contributed by atoms with Gasteiger partial charge in [0.2, 0.25) is 0 Å². The lowest BCUT2D eigenvalue weighted by Crippen LogP contribution is -2.39. The number of hydrogen-bond acceptors (Lipinski definition) is 3. The maximum absolute atomic E-state index is 11.1. The second-order valence-corrected chi connectivity index (χ2v) is 5.06. The maximum atomic E-state index is 11.1. The Morgan fingerprint density at radius 2 is 2.00 bits per heavy atom. The first-order chi connectivity index (χ1) is 8.77. The fourth-order valence-electron chi connectivity index (χ4n) is 1.78. The van der Waals surface area contributed by atoms with Gasteiger partial charge in [0.1, 0.15) is 5.75 Å². The summed E-state index contributed by atoms with van der Waals surface area (Å²) in [4.78, 5) is 21.5. The van der Waals surface area contributed by atoms with Crippen molar-refractivity contribution in [1.82, 2.24) is 5.32 Å². The lowest BCUT2D eigenvalue weighted by molar-refractivity contribution is -0.150. The molecule has 1 aromatic carbocycles. The lowest BCUT2D eigenvalue weighted by atomic mass is 9.83. The van der Waals surface area contributed by atoms with Crippen LogP contribution >= 0.6 is 0 Å². The van der Waals surface area contributed by atoms with Crippen LogP contribution in [0.15, 0.2) is 18.2 Å². The summed E-state index contributed by atoms with van der Waals surface area (Å²) >= 11 is 0. The molecule has 5 nitrogen and oxygen atoms in total. The molecule has 0 aliphatic heterocycles. The van der Waals surface area contributed by atoms with Crippen molar-refractivity contribution in [2.24, 2.45) is 0 Å². The molecule has 1 amide bonds. The number of hydrogen-bond donors (Lipinski definition) is 2. The Morgan fingerprint density at radius 1 is 1.37 bits per heavy atom. The number of rotatable bonds is 4. The van der Waals surface area contributed by atoms with E-state index in [0.717, 1.165) is 16.9 Å². The summed E-state index contributed by atoms with van der Waals surface area (Å²) in [5.41, 5.74) is 1.65. The average molecular weight is 265 g/mol. The van der Waals surface area contributed by atoms with Gasteiger partial charge in [0, 0.05) is 12.0 Å². The summed E-state index contributed by atoms with van der Waals surface area (Å²) < 4.78 is 5.19. The molecular formula is C14H19NO4. The van der Waals surface area contributed by atoms with Crippen LogP contribution in [0.4, 0.5) is 0 Å². The maximum Gasteiger partial charge on any atom is 0.394 e. The zero-order valence-corrected chi connectivity index (χ0v) is 11.6. The van der Waals surface area contributed by atoms with Crippen molar-refractivity contribution in [2.75, 3.05) is 13.7 Å². The second kappa shape index (κ2) is 5.73. The Labute approximate surface area is 112 Å². The van der Waals surface area contributed by atoms with Crippen LogP contribution in [-0.4, -0.2) is 30.6 Å². The van der Waals surface area contributed by atoms with Gasteiger partial charge in [-0.15, -0.1) is 0 Å². The first-order valence-corrected chi connectivity index (χ1v) is 5.94. The molecule has 104 valence electrons. The van der Waals surface area contributed by atoms with Crippen LogP contribution in [0.1, 0.15) is 25.0 Å². The van der Waals surface area contributed by atoms with Crippen LogP contribution in [0.25, 0.3) is 0 Å². The number of benzene rings is 1. The van der Waals surface area contributed by atoms with E-state index in [0.29, 0.717) is 0 Å². The Morgan fingerprint density at radius 3 is 2.47 bits per heavy atom. The van der Waals surface area contributed by atoms with E-state index < -0.39 is 11.9 Å². The third kappa shape index (κ3) is 3.71.